The number of hydrogen-bond acceptors (Lipinski definition) is 4. The second kappa shape index (κ2) is 4.57. The lowest BCUT2D eigenvalue weighted by molar-refractivity contribution is 0.178. The van der Waals surface area contributed by atoms with E-state index in [1.54, 1.807) is 6.20 Å². The summed E-state index contributed by atoms with van der Waals surface area (Å²) in [7, 11) is 0. The number of aliphatic hydroxyl groups excluding tert-OH is 1. The standard InChI is InChI=1S/C11H17N3O/c1-8-4-11(14-13-6-8)12-7-9-2-3-10(15)5-9/h4,6,9-10,15H,2-3,5,7H2,1H3,(H,12,14). The molecule has 0 spiro atoms. The maximum atomic E-state index is 9.39. The molecule has 82 valence electrons. The summed E-state index contributed by atoms with van der Waals surface area (Å²) in [6.07, 6.45) is 4.59. The van der Waals surface area contributed by atoms with Gasteiger partial charge >= 0.3 is 0 Å². The van der Waals surface area contributed by atoms with Gasteiger partial charge in [-0.2, -0.15) is 5.10 Å². The van der Waals surface area contributed by atoms with Crippen molar-refractivity contribution in [2.24, 2.45) is 5.92 Å². The van der Waals surface area contributed by atoms with Crippen molar-refractivity contribution >= 4 is 5.82 Å². The lowest BCUT2D eigenvalue weighted by Gasteiger charge is -2.10. The lowest BCUT2D eigenvalue weighted by atomic mass is 10.1. The van der Waals surface area contributed by atoms with Gasteiger partial charge in [-0.15, -0.1) is 5.10 Å². The van der Waals surface area contributed by atoms with Crippen LogP contribution in [-0.2, 0) is 0 Å². The van der Waals surface area contributed by atoms with Gasteiger partial charge in [-0.1, -0.05) is 0 Å². The van der Waals surface area contributed by atoms with Crippen molar-refractivity contribution in [2.75, 3.05) is 11.9 Å². The van der Waals surface area contributed by atoms with Gasteiger partial charge in [0.15, 0.2) is 0 Å². The zero-order valence-electron chi connectivity index (χ0n) is 8.98. The minimum atomic E-state index is -0.0969. The molecule has 2 N–H and O–H groups in total. The van der Waals surface area contributed by atoms with Gasteiger partial charge in [0.25, 0.3) is 0 Å². The molecule has 0 aromatic carbocycles. The van der Waals surface area contributed by atoms with Gasteiger partial charge in [0.2, 0.25) is 0 Å². The SMILES string of the molecule is Cc1cnnc(NCC2CCC(O)C2)c1. The summed E-state index contributed by atoms with van der Waals surface area (Å²) < 4.78 is 0. The predicted octanol–water partition coefficient (Wildman–Crippen LogP) is 1.36. The third-order valence-corrected chi connectivity index (χ3v) is 2.88. The van der Waals surface area contributed by atoms with E-state index in [9.17, 15) is 5.11 Å². The number of hydrogen-bond donors (Lipinski definition) is 2. The maximum Gasteiger partial charge on any atom is 0.148 e. The van der Waals surface area contributed by atoms with E-state index in [2.05, 4.69) is 15.5 Å². The average Bonchev–Trinajstić information content (AvgIpc) is 2.62. The summed E-state index contributed by atoms with van der Waals surface area (Å²) in [6.45, 7) is 2.88. The first-order chi connectivity index (χ1) is 7.24. The number of aromatic nitrogens is 2. The van der Waals surface area contributed by atoms with E-state index in [-0.39, 0.29) is 6.10 Å². The minimum absolute atomic E-state index is 0.0969. The van der Waals surface area contributed by atoms with Gasteiger partial charge in [0.05, 0.1) is 12.3 Å². The third-order valence-electron chi connectivity index (χ3n) is 2.88. The Hall–Kier alpha value is -1.16. The largest absolute Gasteiger partial charge is 0.393 e. The molecule has 2 rings (SSSR count). The number of nitrogens with zero attached hydrogens (tertiary/aromatic N) is 2. The quantitative estimate of drug-likeness (QED) is 0.785. The highest BCUT2D eigenvalue weighted by atomic mass is 16.3. The van der Waals surface area contributed by atoms with E-state index in [0.717, 1.165) is 37.2 Å². The monoisotopic (exact) mass is 207 g/mol. The average molecular weight is 207 g/mol. The van der Waals surface area contributed by atoms with Crippen LogP contribution < -0.4 is 5.32 Å². The first-order valence-corrected chi connectivity index (χ1v) is 5.45. The molecule has 1 fully saturated rings. The highest BCUT2D eigenvalue weighted by molar-refractivity contribution is 5.34. The number of nitrogens with one attached hydrogen (secondary N) is 1. The lowest BCUT2D eigenvalue weighted by Crippen LogP contribution is -2.13. The molecule has 4 heteroatoms. The van der Waals surface area contributed by atoms with Gasteiger partial charge in [-0.25, -0.2) is 0 Å². The highest BCUT2D eigenvalue weighted by Crippen LogP contribution is 2.25. The van der Waals surface area contributed by atoms with Crippen LogP contribution in [0.15, 0.2) is 12.3 Å². The molecule has 1 aromatic heterocycles. The molecule has 0 bridgehead atoms. The van der Waals surface area contributed by atoms with Crippen molar-refractivity contribution in [3.63, 3.8) is 0 Å². The summed E-state index contributed by atoms with van der Waals surface area (Å²) in [6, 6.07) is 1.98. The van der Waals surface area contributed by atoms with Crippen LogP contribution >= 0.6 is 0 Å². The zero-order chi connectivity index (χ0) is 10.7. The van der Waals surface area contributed by atoms with Crippen LogP contribution in [0.4, 0.5) is 5.82 Å². The molecule has 1 aliphatic carbocycles. The number of aliphatic hydroxyl groups is 1. The fourth-order valence-corrected chi connectivity index (χ4v) is 2.03. The molecular formula is C11H17N3O. The number of anilines is 1. The molecule has 2 atom stereocenters. The Bertz CT molecular complexity index is 329. The topological polar surface area (TPSA) is 58.0 Å². The molecule has 2 unspecified atom stereocenters. The Morgan fingerprint density at radius 1 is 1.53 bits per heavy atom. The van der Waals surface area contributed by atoms with Crippen LogP contribution in [0.25, 0.3) is 0 Å². The van der Waals surface area contributed by atoms with Crippen molar-refractivity contribution in [1.82, 2.24) is 10.2 Å². The second-order valence-corrected chi connectivity index (χ2v) is 4.33. The minimum Gasteiger partial charge on any atom is -0.393 e. The molecule has 4 nitrogen and oxygen atoms in total. The van der Waals surface area contributed by atoms with E-state index in [1.165, 1.54) is 0 Å². The summed E-state index contributed by atoms with van der Waals surface area (Å²) in [4.78, 5) is 0. The molecule has 0 amide bonds. The summed E-state index contributed by atoms with van der Waals surface area (Å²) in [5.41, 5.74) is 1.11. The first-order valence-electron chi connectivity index (χ1n) is 5.45. The van der Waals surface area contributed by atoms with Gasteiger partial charge in [-0.3, -0.25) is 0 Å². The normalized spacial score (nSPS) is 25.5. The number of rotatable bonds is 3. The van der Waals surface area contributed by atoms with Crippen LogP contribution in [-0.4, -0.2) is 28.0 Å². The fourth-order valence-electron chi connectivity index (χ4n) is 2.03. The molecule has 0 aliphatic heterocycles. The van der Waals surface area contributed by atoms with E-state index < -0.39 is 0 Å². The van der Waals surface area contributed by atoms with E-state index in [0.29, 0.717) is 5.92 Å². The summed E-state index contributed by atoms with van der Waals surface area (Å²) in [5.74, 6) is 1.40. The Morgan fingerprint density at radius 3 is 3.07 bits per heavy atom. The predicted molar refractivity (Wildman–Crippen MR) is 58.6 cm³/mol. The second-order valence-electron chi connectivity index (χ2n) is 4.33. The molecule has 1 saturated carbocycles. The maximum absolute atomic E-state index is 9.39. The van der Waals surface area contributed by atoms with Crippen LogP contribution in [0.2, 0.25) is 0 Å². The zero-order valence-corrected chi connectivity index (χ0v) is 8.98. The fraction of sp³-hybridized carbons (Fsp3) is 0.636. The van der Waals surface area contributed by atoms with Crippen molar-refractivity contribution in [3.8, 4) is 0 Å². The molecule has 0 radical (unpaired) electrons. The van der Waals surface area contributed by atoms with Crippen molar-refractivity contribution in [3.05, 3.63) is 17.8 Å². The third kappa shape index (κ3) is 2.89. The Labute approximate surface area is 89.7 Å². The summed E-state index contributed by atoms with van der Waals surface area (Å²) in [5, 5.41) is 20.5. The molecule has 1 aromatic rings. The van der Waals surface area contributed by atoms with Crippen molar-refractivity contribution in [2.45, 2.75) is 32.3 Å². The Morgan fingerprint density at radius 2 is 2.40 bits per heavy atom. The van der Waals surface area contributed by atoms with Gasteiger partial charge in [-0.05, 0) is 43.7 Å². The van der Waals surface area contributed by atoms with Gasteiger partial charge in [0.1, 0.15) is 5.82 Å². The van der Waals surface area contributed by atoms with Crippen LogP contribution in [0.5, 0.6) is 0 Å². The van der Waals surface area contributed by atoms with E-state index in [4.69, 9.17) is 0 Å². The number of aryl methyl sites for hydroxylation is 1. The smallest absolute Gasteiger partial charge is 0.148 e. The van der Waals surface area contributed by atoms with Crippen LogP contribution in [0.1, 0.15) is 24.8 Å². The van der Waals surface area contributed by atoms with Crippen LogP contribution in [0, 0.1) is 12.8 Å². The first kappa shape index (κ1) is 10.4. The van der Waals surface area contributed by atoms with Crippen molar-refractivity contribution < 1.29 is 5.11 Å². The van der Waals surface area contributed by atoms with Crippen LogP contribution in [0.3, 0.4) is 0 Å². The molecule has 15 heavy (non-hydrogen) atoms. The van der Waals surface area contributed by atoms with Gasteiger partial charge < -0.3 is 10.4 Å². The molecule has 1 aliphatic rings. The summed E-state index contributed by atoms with van der Waals surface area (Å²) >= 11 is 0. The Kier molecular flexibility index (Phi) is 3.16. The van der Waals surface area contributed by atoms with E-state index in [1.807, 2.05) is 13.0 Å². The van der Waals surface area contributed by atoms with Gasteiger partial charge in [0, 0.05) is 6.54 Å². The Balaban J connectivity index is 1.83. The van der Waals surface area contributed by atoms with E-state index >= 15 is 0 Å². The molecular weight excluding hydrogens is 190 g/mol. The highest BCUT2D eigenvalue weighted by Gasteiger charge is 2.22. The molecule has 1 heterocycles. The molecule has 0 saturated heterocycles. The van der Waals surface area contributed by atoms with Crippen molar-refractivity contribution in [1.29, 1.82) is 0 Å².